The Labute approximate surface area is 190 Å². The summed E-state index contributed by atoms with van der Waals surface area (Å²) in [5.74, 6) is 0.469. The average Bonchev–Trinajstić information content (AvgIpc) is 3.31. The van der Waals surface area contributed by atoms with Crippen molar-refractivity contribution >= 4 is 17.7 Å². The van der Waals surface area contributed by atoms with E-state index in [0.29, 0.717) is 19.0 Å². The molecule has 0 saturated carbocycles. The Balaban J connectivity index is 1.61. The molecule has 7 heteroatoms. The van der Waals surface area contributed by atoms with Gasteiger partial charge in [-0.05, 0) is 55.2 Å². The Bertz CT molecular complexity index is 937. The van der Waals surface area contributed by atoms with Crippen molar-refractivity contribution < 1.29 is 9.18 Å². The Morgan fingerprint density at radius 2 is 1.84 bits per heavy atom. The molecule has 0 spiro atoms. The van der Waals surface area contributed by atoms with Crippen molar-refractivity contribution in [1.29, 1.82) is 0 Å². The minimum Gasteiger partial charge on any atom is -0.357 e. The van der Waals surface area contributed by atoms with Crippen LogP contribution in [0, 0.1) is 5.82 Å². The first-order valence-corrected chi connectivity index (χ1v) is 11.3. The maximum Gasteiger partial charge on any atom is 0.321 e. The van der Waals surface area contributed by atoms with Crippen LogP contribution in [-0.2, 0) is 12.0 Å². The summed E-state index contributed by atoms with van der Waals surface area (Å²) in [4.78, 5) is 18.9. The highest BCUT2D eigenvalue weighted by molar-refractivity contribution is 5.89. The van der Waals surface area contributed by atoms with Crippen LogP contribution in [-0.4, -0.2) is 43.1 Å². The number of guanidine groups is 1. The topological polar surface area (TPSA) is 68.8 Å². The summed E-state index contributed by atoms with van der Waals surface area (Å²) in [5.41, 5.74) is 2.45. The van der Waals surface area contributed by atoms with Gasteiger partial charge < -0.3 is 20.9 Å². The molecule has 0 unspecified atom stereocenters. The molecule has 1 fully saturated rings. The van der Waals surface area contributed by atoms with Crippen molar-refractivity contribution in [3.05, 3.63) is 65.5 Å². The van der Waals surface area contributed by atoms with Crippen LogP contribution >= 0.6 is 0 Å². The number of amides is 2. The van der Waals surface area contributed by atoms with Crippen molar-refractivity contribution in [1.82, 2.24) is 15.5 Å². The monoisotopic (exact) mass is 439 g/mol. The third-order valence-corrected chi connectivity index (χ3v) is 5.64. The van der Waals surface area contributed by atoms with E-state index in [1.54, 1.807) is 12.1 Å². The lowest BCUT2D eigenvalue weighted by Gasteiger charge is -2.27. The zero-order valence-corrected chi connectivity index (χ0v) is 19.2. The van der Waals surface area contributed by atoms with Crippen molar-refractivity contribution in [2.24, 2.45) is 4.99 Å². The quantitative estimate of drug-likeness (QED) is 0.440. The summed E-state index contributed by atoms with van der Waals surface area (Å²) in [6, 6.07) is 14.4. The molecule has 172 valence electrons. The number of likely N-dealkylation sites (tertiary alicyclic amines) is 1. The predicted octanol–water partition coefficient (Wildman–Crippen LogP) is 4.49. The number of rotatable bonds is 7. The Morgan fingerprint density at radius 1 is 1.09 bits per heavy atom. The smallest absolute Gasteiger partial charge is 0.321 e. The van der Waals surface area contributed by atoms with Gasteiger partial charge in [-0.2, -0.15) is 0 Å². The molecule has 6 nitrogen and oxygen atoms in total. The van der Waals surface area contributed by atoms with Gasteiger partial charge in [0.1, 0.15) is 5.82 Å². The second-order valence-electron chi connectivity index (χ2n) is 8.77. The SMILES string of the molecule is CCNC(=NCc1cccc(NC(=O)N2CCCC2)c1)NCC(C)(C)c1cccc(F)c1. The molecule has 0 atom stereocenters. The van der Waals surface area contributed by atoms with Gasteiger partial charge in [0.05, 0.1) is 6.54 Å². The first-order valence-electron chi connectivity index (χ1n) is 11.3. The van der Waals surface area contributed by atoms with E-state index < -0.39 is 0 Å². The van der Waals surface area contributed by atoms with Crippen molar-refractivity contribution in [3.8, 4) is 0 Å². The third-order valence-electron chi connectivity index (χ3n) is 5.64. The molecule has 2 amide bonds. The third kappa shape index (κ3) is 6.70. The number of urea groups is 1. The summed E-state index contributed by atoms with van der Waals surface area (Å²) in [6.45, 7) is 9.62. The standard InChI is InChI=1S/C25H34FN5O/c1-4-27-23(29-18-25(2,3)20-10-8-11-21(26)16-20)28-17-19-9-7-12-22(15-19)30-24(32)31-13-5-6-14-31/h7-12,15-16H,4-6,13-14,17-18H2,1-3H3,(H,30,32)(H2,27,28,29). The second-order valence-corrected chi connectivity index (χ2v) is 8.77. The van der Waals surface area contributed by atoms with Crippen LogP contribution in [0.1, 0.15) is 44.7 Å². The molecule has 1 aliphatic heterocycles. The van der Waals surface area contributed by atoms with Crippen molar-refractivity contribution in [2.45, 2.75) is 45.6 Å². The molecule has 2 aromatic carbocycles. The number of hydrogen-bond donors (Lipinski definition) is 3. The minimum atomic E-state index is -0.266. The van der Waals surface area contributed by atoms with E-state index in [1.807, 2.05) is 42.2 Å². The molecule has 1 aliphatic rings. The fourth-order valence-electron chi connectivity index (χ4n) is 3.70. The number of benzene rings is 2. The van der Waals surface area contributed by atoms with Gasteiger partial charge in [-0.15, -0.1) is 0 Å². The normalized spacial score (nSPS) is 14.4. The van der Waals surface area contributed by atoms with E-state index in [1.165, 1.54) is 6.07 Å². The van der Waals surface area contributed by atoms with Crippen LogP contribution in [0.2, 0.25) is 0 Å². The highest BCUT2D eigenvalue weighted by Gasteiger charge is 2.21. The number of halogens is 1. The molecule has 2 aromatic rings. The zero-order chi connectivity index (χ0) is 23.0. The van der Waals surface area contributed by atoms with Crippen LogP contribution in [0.4, 0.5) is 14.9 Å². The van der Waals surface area contributed by atoms with E-state index in [2.05, 4.69) is 29.8 Å². The van der Waals surface area contributed by atoms with Crippen molar-refractivity contribution in [3.63, 3.8) is 0 Å². The van der Waals surface area contributed by atoms with Crippen LogP contribution in [0.5, 0.6) is 0 Å². The molecule has 3 rings (SSSR count). The maximum absolute atomic E-state index is 13.6. The van der Waals surface area contributed by atoms with Crippen LogP contribution in [0.15, 0.2) is 53.5 Å². The zero-order valence-electron chi connectivity index (χ0n) is 19.2. The summed E-state index contributed by atoms with van der Waals surface area (Å²) >= 11 is 0. The van der Waals surface area contributed by atoms with Gasteiger partial charge in [0, 0.05) is 37.3 Å². The molecular formula is C25H34FN5O. The minimum absolute atomic E-state index is 0.0438. The number of aliphatic imine (C=N–C) groups is 1. The number of carbonyl (C=O) groups is 1. The number of hydrogen-bond acceptors (Lipinski definition) is 2. The van der Waals surface area contributed by atoms with Crippen LogP contribution < -0.4 is 16.0 Å². The molecular weight excluding hydrogens is 405 g/mol. The Hall–Kier alpha value is -3.09. The molecule has 1 saturated heterocycles. The maximum atomic E-state index is 13.6. The fourth-order valence-corrected chi connectivity index (χ4v) is 3.70. The lowest BCUT2D eigenvalue weighted by atomic mass is 9.84. The van der Waals surface area contributed by atoms with Gasteiger partial charge in [-0.3, -0.25) is 0 Å². The van der Waals surface area contributed by atoms with Gasteiger partial charge in [-0.25, -0.2) is 14.2 Å². The van der Waals surface area contributed by atoms with E-state index >= 15 is 0 Å². The molecule has 0 radical (unpaired) electrons. The summed E-state index contributed by atoms with van der Waals surface area (Å²) < 4.78 is 13.6. The van der Waals surface area contributed by atoms with Crippen molar-refractivity contribution in [2.75, 3.05) is 31.5 Å². The van der Waals surface area contributed by atoms with Crippen LogP contribution in [0.3, 0.4) is 0 Å². The summed E-state index contributed by atoms with van der Waals surface area (Å²) in [5, 5.41) is 9.62. The second kappa shape index (κ2) is 11.0. The number of anilines is 1. The largest absolute Gasteiger partial charge is 0.357 e. The lowest BCUT2D eigenvalue weighted by Crippen LogP contribution is -2.43. The highest BCUT2D eigenvalue weighted by atomic mass is 19.1. The summed E-state index contributed by atoms with van der Waals surface area (Å²) in [6.07, 6.45) is 2.14. The number of nitrogens with one attached hydrogen (secondary N) is 3. The molecule has 32 heavy (non-hydrogen) atoms. The molecule has 1 heterocycles. The van der Waals surface area contributed by atoms with E-state index in [4.69, 9.17) is 4.99 Å². The van der Waals surface area contributed by atoms with Gasteiger partial charge in [-0.1, -0.05) is 38.1 Å². The molecule has 0 aliphatic carbocycles. The molecule has 0 aromatic heterocycles. The lowest BCUT2D eigenvalue weighted by molar-refractivity contribution is 0.222. The fraction of sp³-hybridized carbons (Fsp3) is 0.440. The first kappa shape index (κ1) is 23.6. The van der Waals surface area contributed by atoms with E-state index in [-0.39, 0.29) is 17.3 Å². The summed E-state index contributed by atoms with van der Waals surface area (Å²) in [7, 11) is 0. The van der Waals surface area contributed by atoms with Gasteiger partial charge in [0.15, 0.2) is 5.96 Å². The first-order chi connectivity index (χ1) is 15.4. The van der Waals surface area contributed by atoms with Gasteiger partial charge >= 0.3 is 6.03 Å². The molecule has 3 N–H and O–H groups in total. The Kier molecular flexibility index (Phi) is 8.09. The number of nitrogens with zero attached hydrogens (tertiary/aromatic N) is 2. The van der Waals surface area contributed by atoms with E-state index in [0.717, 1.165) is 49.3 Å². The van der Waals surface area contributed by atoms with Gasteiger partial charge in [0.2, 0.25) is 0 Å². The molecule has 0 bridgehead atoms. The highest BCUT2D eigenvalue weighted by Crippen LogP contribution is 2.23. The van der Waals surface area contributed by atoms with E-state index in [9.17, 15) is 9.18 Å². The van der Waals surface area contributed by atoms with Gasteiger partial charge in [0.25, 0.3) is 0 Å². The predicted molar refractivity (Wildman–Crippen MR) is 129 cm³/mol. The Morgan fingerprint density at radius 3 is 2.56 bits per heavy atom. The van der Waals surface area contributed by atoms with Crippen LogP contribution in [0.25, 0.3) is 0 Å². The number of carbonyl (C=O) groups excluding carboxylic acids is 1. The average molecular weight is 440 g/mol.